The van der Waals surface area contributed by atoms with E-state index < -0.39 is 21.9 Å². The predicted octanol–water partition coefficient (Wildman–Crippen LogP) is 2.49. The van der Waals surface area contributed by atoms with E-state index in [-0.39, 0.29) is 21.9 Å². The summed E-state index contributed by atoms with van der Waals surface area (Å²) in [7, 11) is -2.93. The summed E-state index contributed by atoms with van der Waals surface area (Å²) in [6.45, 7) is 1.55. The number of ether oxygens (including phenoxy) is 2. The Bertz CT molecular complexity index is 1240. The minimum atomic E-state index is -4.14. The number of esters is 1. The summed E-state index contributed by atoms with van der Waals surface area (Å²) in [5.74, 6) is -1.19. The molecule has 0 unspecified atom stereocenters. The van der Waals surface area contributed by atoms with Gasteiger partial charge in [-0.1, -0.05) is 18.2 Å². The highest BCUT2D eigenvalue weighted by Gasteiger charge is 2.29. The third-order valence-corrected chi connectivity index (χ3v) is 6.24. The van der Waals surface area contributed by atoms with Crippen LogP contribution >= 0.6 is 0 Å². The van der Waals surface area contributed by atoms with Crippen molar-refractivity contribution in [1.29, 1.82) is 0 Å². The molecule has 0 radical (unpaired) electrons. The minimum Gasteiger partial charge on any atom is -0.465 e. The van der Waals surface area contributed by atoms with Crippen LogP contribution in [0.1, 0.15) is 20.9 Å². The van der Waals surface area contributed by atoms with Crippen LogP contribution in [0.2, 0.25) is 0 Å². The van der Waals surface area contributed by atoms with Crippen molar-refractivity contribution in [2.45, 2.75) is 4.90 Å². The number of morpholine rings is 1. The van der Waals surface area contributed by atoms with Gasteiger partial charge in [0.15, 0.2) is 0 Å². The number of carbonyl (C=O) groups excluding carboxylic acids is 2. The fourth-order valence-corrected chi connectivity index (χ4v) is 4.44. The average Bonchev–Trinajstić information content (AvgIpc) is 3.16. The molecule has 9 nitrogen and oxygen atoms in total. The molecule has 1 aliphatic heterocycles. The second-order valence-corrected chi connectivity index (χ2v) is 8.51. The number of carbonyl (C=O) groups is 2. The van der Waals surface area contributed by atoms with E-state index in [0.29, 0.717) is 37.3 Å². The minimum absolute atomic E-state index is 0.0514. The van der Waals surface area contributed by atoms with Crippen LogP contribution in [0, 0.1) is 0 Å². The largest absolute Gasteiger partial charge is 0.465 e. The molecule has 4 rings (SSSR count). The second kappa shape index (κ2) is 8.40. The van der Waals surface area contributed by atoms with Crippen LogP contribution < -0.4 is 4.72 Å². The van der Waals surface area contributed by atoms with Gasteiger partial charge in [0, 0.05) is 18.5 Å². The van der Waals surface area contributed by atoms with E-state index in [1.165, 1.54) is 31.4 Å². The van der Waals surface area contributed by atoms with Gasteiger partial charge >= 0.3 is 5.97 Å². The van der Waals surface area contributed by atoms with Gasteiger partial charge in [-0.25, -0.2) is 13.2 Å². The Morgan fingerprint density at radius 2 is 1.81 bits per heavy atom. The third kappa shape index (κ3) is 4.12. The van der Waals surface area contributed by atoms with Gasteiger partial charge in [-0.15, -0.1) is 0 Å². The van der Waals surface area contributed by atoms with Crippen LogP contribution in [-0.2, 0) is 19.5 Å². The number of benzene rings is 2. The monoisotopic (exact) mass is 444 g/mol. The number of fused-ring (bicyclic) bond motifs is 1. The van der Waals surface area contributed by atoms with Crippen LogP contribution in [0.5, 0.6) is 0 Å². The van der Waals surface area contributed by atoms with Crippen LogP contribution in [0.15, 0.2) is 57.8 Å². The Balaban J connectivity index is 1.75. The lowest BCUT2D eigenvalue weighted by Gasteiger charge is -2.26. The van der Waals surface area contributed by atoms with Crippen molar-refractivity contribution in [3.63, 3.8) is 0 Å². The number of nitrogens with one attached hydrogen (secondary N) is 1. The molecule has 1 N–H and O–H groups in total. The first kappa shape index (κ1) is 20.9. The maximum absolute atomic E-state index is 13.1. The molecule has 1 aliphatic rings. The van der Waals surface area contributed by atoms with Gasteiger partial charge in [0.2, 0.25) is 5.76 Å². The molecule has 2 heterocycles. The van der Waals surface area contributed by atoms with Crippen molar-refractivity contribution in [3.8, 4) is 0 Å². The number of furan rings is 1. The Morgan fingerprint density at radius 1 is 1.06 bits per heavy atom. The fraction of sp³-hybridized carbons (Fsp3) is 0.238. The first-order valence-electron chi connectivity index (χ1n) is 9.50. The molecule has 31 heavy (non-hydrogen) atoms. The van der Waals surface area contributed by atoms with Crippen molar-refractivity contribution in [2.24, 2.45) is 0 Å². The van der Waals surface area contributed by atoms with Crippen molar-refractivity contribution in [3.05, 3.63) is 59.9 Å². The van der Waals surface area contributed by atoms with E-state index in [9.17, 15) is 18.0 Å². The Hall–Kier alpha value is -3.37. The van der Waals surface area contributed by atoms with Crippen molar-refractivity contribution < 1.29 is 31.9 Å². The first-order valence-corrected chi connectivity index (χ1v) is 11.0. The van der Waals surface area contributed by atoms with Gasteiger partial charge in [-0.2, -0.15) is 0 Å². The summed E-state index contributed by atoms with van der Waals surface area (Å²) in [4.78, 5) is 26.3. The Morgan fingerprint density at radius 3 is 2.55 bits per heavy atom. The van der Waals surface area contributed by atoms with E-state index >= 15 is 0 Å². The summed E-state index contributed by atoms with van der Waals surface area (Å²) >= 11 is 0. The van der Waals surface area contributed by atoms with E-state index in [1.54, 1.807) is 29.2 Å². The van der Waals surface area contributed by atoms with Crippen LogP contribution in [0.3, 0.4) is 0 Å². The molecular formula is C21H20N2O7S. The summed E-state index contributed by atoms with van der Waals surface area (Å²) in [6.07, 6.45) is 0. The first-order chi connectivity index (χ1) is 14.9. The molecule has 0 aliphatic carbocycles. The molecule has 0 saturated carbocycles. The summed E-state index contributed by atoms with van der Waals surface area (Å²) < 4.78 is 44.4. The third-order valence-electron chi connectivity index (χ3n) is 4.89. The van der Waals surface area contributed by atoms with Crippen molar-refractivity contribution >= 4 is 38.6 Å². The Labute approximate surface area is 178 Å². The van der Waals surface area contributed by atoms with Gasteiger partial charge in [-0.3, -0.25) is 9.52 Å². The predicted molar refractivity (Wildman–Crippen MR) is 112 cm³/mol. The smallest absolute Gasteiger partial charge is 0.337 e. The van der Waals surface area contributed by atoms with Crippen molar-refractivity contribution in [2.75, 3.05) is 38.1 Å². The molecule has 0 bridgehead atoms. The average molecular weight is 444 g/mol. The summed E-state index contributed by atoms with van der Waals surface area (Å²) in [5.41, 5.74) is 0.516. The number of sulfonamides is 1. The van der Waals surface area contributed by atoms with E-state index in [2.05, 4.69) is 9.46 Å². The molecule has 10 heteroatoms. The number of hydrogen-bond donors (Lipinski definition) is 1. The fourth-order valence-electron chi connectivity index (χ4n) is 3.31. The zero-order valence-corrected chi connectivity index (χ0v) is 17.5. The highest BCUT2D eigenvalue weighted by molar-refractivity contribution is 7.92. The lowest BCUT2D eigenvalue weighted by molar-refractivity contribution is 0.0285. The van der Waals surface area contributed by atoms with Gasteiger partial charge in [0.05, 0.1) is 30.8 Å². The molecule has 1 aromatic heterocycles. The molecule has 3 aromatic rings. The number of hydrogen-bond acceptors (Lipinski definition) is 7. The van der Waals surface area contributed by atoms with Gasteiger partial charge < -0.3 is 18.8 Å². The van der Waals surface area contributed by atoms with Gasteiger partial charge in [0.1, 0.15) is 11.3 Å². The van der Waals surface area contributed by atoms with Crippen molar-refractivity contribution in [1.82, 2.24) is 4.90 Å². The lowest BCUT2D eigenvalue weighted by atomic mass is 10.2. The molecule has 1 amide bonds. The molecular weight excluding hydrogens is 424 g/mol. The molecule has 1 saturated heterocycles. The van der Waals surface area contributed by atoms with E-state index in [4.69, 9.17) is 9.15 Å². The zero-order chi connectivity index (χ0) is 22.0. The molecule has 0 atom stereocenters. The quantitative estimate of drug-likeness (QED) is 0.601. The van der Waals surface area contributed by atoms with Gasteiger partial charge in [-0.05, 0) is 30.3 Å². The maximum Gasteiger partial charge on any atom is 0.337 e. The van der Waals surface area contributed by atoms with Crippen LogP contribution in [-0.4, -0.2) is 58.6 Å². The summed E-state index contributed by atoms with van der Waals surface area (Å²) in [6, 6.07) is 12.2. The lowest BCUT2D eigenvalue weighted by Crippen LogP contribution is -2.40. The molecule has 0 spiro atoms. The number of anilines is 1. The number of amides is 1. The number of methoxy groups -OCH3 is 1. The normalized spacial score (nSPS) is 14.4. The maximum atomic E-state index is 13.1. The topological polar surface area (TPSA) is 115 Å². The number of rotatable bonds is 5. The SMILES string of the molecule is COC(=O)c1cccc(S(=O)(=O)Nc2c(C(=O)N3CCOCC3)oc3ccccc23)c1. The van der Waals surface area contributed by atoms with Gasteiger partial charge in [0.25, 0.3) is 15.9 Å². The number of nitrogens with zero attached hydrogens (tertiary/aromatic N) is 1. The highest BCUT2D eigenvalue weighted by Crippen LogP contribution is 2.33. The number of para-hydroxylation sites is 1. The summed E-state index contributed by atoms with van der Waals surface area (Å²) in [5, 5.41) is 0.451. The Kier molecular flexibility index (Phi) is 5.66. The standard InChI is InChI=1S/C21H20N2O7S/c1-28-21(25)14-5-4-6-15(13-14)31(26,27)22-18-16-7-2-3-8-17(16)30-19(18)20(24)23-9-11-29-12-10-23/h2-8,13,22H,9-12H2,1H3. The molecule has 2 aromatic carbocycles. The van der Waals surface area contributed by atoms with E-state index in [1.807, 2.05) is 0 Å². The van der Waals surface area contributed by atoms with Crippen LogP contribution in [0.4, 0.5) is 5.69 Å². The molecule has 162 valence electrons. The molecule has 1 fully saturated rings. The second-order valence-electron chi connectivity index (χ2n) is 6.83. The highest BCUT2D eigenvalue weighted by atomic mass is 32.2. The zero-order valence-electron chi connectivity index (χ0n) is 16.7. The van der Waals surface area contributed by atoms with Crippen LogP contribution in [0.25, 0.3) is 11.0 Å². The van der Waals surface area contributed by atoms with E-state index in [0.717, 1.165) is 0 Å².